The maximum atomic E-state index is 13.3. The van der Waals surface area contributed by atoms with Crippen molar-refractivity contribution >= 4 is 39.9 Å². The lowest BCUT2D eigenvalue weighted by Gasteiger charge is -2.36. The van der Waals surface area contributed by atoms with Crippen molar-refractivity contribution in [3.8, 4) is 5.75 Å². The number of piperazine rings is 1. The van der Waals surface area contributed by atoms with Crippen LogP contribution in [0.15, 0.2) is 52.2 Å². The molecule has 1 saturated heterocycles. The van der Waals surface area contributed by atoms with Gasteiger partial charge in [0.2, 0.25) is 0 Å². The molecule has 1 atom stereocenters. The first kappa shape index (κ1) is 25.7. The SMILES string of the molecule is COc1ccc(C2CC(c3ccco3)=NN2C(=O)CSC(=S)N2CCN(CCN(C)C)CC2)cc1. The molecule has 8 nitrogen and oxygen atoms in total. The molecule has 0 bridgehead atoms. The molecule has 188 valence electrons. The van der Waals surface area contributed by atoms with Crippen molar-refractivity contribution in [2.45, 2.75) is 12.5 Å². The van der Waals surface area contributed by atoms with Gasteiger partial charge in [0.25, 0.3) is 5.91 Å². The van der Waals surface area contributed by atoms with Gasteiger partial charge in [-0.1, -0.05) is 36.1 Å². The van der Waals surface area contributed by atoms with E-state index in [1.807, 2.05) is 36.4 Å². The van der Waals surface area contributed by atoms with Gasteiger partial charge in [-0.3, -0.25) is 9.69 Å². The van der Waals surface area contributed by atoms with Crippen molar-refractivity contribution in [1.29, 1.82) is 0 Å². The Bertz CT molecular complexity index is 1020. The molecule has 1 fully saturated rings. The van der Waals surface area contributed by atoms with Gasteiger partial charge in [0.05, 0.1) is 25.2 Å². The smallest absolute Gasteiger partial charge is 0.253 e. The van der Waals surface area contributed by atoms with Crippen molar-refractivity contribution in [2.24, 2.45) is 5.10 Å². The third kappa shape index (κ3) is 6.63. The minimum absolute atomic E-state index is 0.0654. The molecule has 0 radical (unpaired) electrons. The summed E-state index contributed by atoms with van der Waals surface area (Å²) in [7, 11) is 5.84. The Morgan fingerprint density at radius 1 is 1.20 bits per heavy atom. The van der Waals surface area contributed by atoms with Gasteiger partial charge in [0.15, 0.2) is 0 Å². The molecule has 2 aliphatic rings. The molecule has 10 heteroatoms. The number of furan rings is 1. The lowest BCUT2D eigenvalue weighted by molar-refractivity contribution is -0.130. The average molecular weight is 516 g/mol. The van der Waals surface area contributed by atoms with Gasteiger partial charge in [-0.25, -0.2) is 5.01 Å². The predicted molar refractivity (Wildman–Crippen MR) is 144 cm³/mol. The fourth-order valence-corrected chi connectivity index (χ4v) is 5.30. The molecule has 1 aromatic carbocycles. The summed E-state index contributed by atoms with van der Waals surface area (Å²) in [6.07, 6.45) is 2.22. The summed E-state index contributed by atoms with van der Waals surface area (Å²) in [4.78, 5) is 20.2. The van der Waals surface area contributed by atoms with Crippen LogP contribution in [0.1, 0.15) is 23.8 Å². The van der Waals surface area contributed by atoms with Crippen molar-refractivity contribution < 1.29 is 13.9 Å². The third-order valence-corrected chi connectivity index (χ3v) is 7.79. The van der Waals surface area contributed by atoms with Crippen LogP contribution in [0, 0.1) is 0 Å². The van der Waals surface area contributed by atoms with Gasteiger partial charge in [0, 0.05) is 45.7 Å². The van der Waals surface area contributed by atoms with Crippen LogP contribution < -0.4 is 4.74 Å². The van der Waals surface area contributed by atoms with Gasteiger partial charge in [-0.05, 0) is 43.9 Å². The summed E-state index contributed by atoms with van der Waals surface area (Å²) in [5, 5.41) is 6.25. The monoisotopic (exact) mass is 515 g/mol. The van der Waals surface area contributed by atoms with Crippen molar-refractivity contribution in [2.75, 3.05) is 66.2 Å². The molecule has 2 aliphatic heterocycles. The Labute approximate surface area is 216 Å². The number of ether oxygens (including phenoxy) is 1. The lowest BCUT2D eigenvalue weighted by atomic mass is 10.0. The van der Waals surface area contributed by atoms with E-state index < -0.39 is 0 Å². The van der Waals surface area contributed by atoms with E-state index in [1.165, 1.54) is 11.8 Å². The molecule has 1 amide bonds. The first-order valence-electron chi connectivity index (χ1n) is 11.8. The first-order chi connectivity index (χ1) is 16.9. The Morgan fingerprint density at radius 2 is 1.94 bits per heavy atom. The standard InChI is InChI=1S/C25H33N5O3S2/c1-27(2)10-11-28-12-14-29(15-13-28)25(34)35-18-24(31)30-22(19-6-8-20(32-3)9-7-19)17-21(26-30)23-5-4-16-33-23/h4-9,16,22H,10-15,17-18H2,1-3H3. The summed E-state index contributed by atoms with van der Waals surface area (Å²) in [5.41, 5.74) is 1.77. The van der Waals surface area contributed by atoms with Crippen LogP contribution in [0.2, 0.25) is 0 Å². The Kier molecular flexibility index (Phi) is 8.83. The minimum atomic E-state index is -0.192. The maximum Gasteiger partial charge on any atom is 0.253 e. The fourth-order valence-electron chi connectivity index (χ4n) is 4.19. The Hall–Kier alpha value is -2.40. The van der Waals surface area contributed by atoms with Crippen molar-refractivity contribution in [3.05, 3.63) is 54.0 Å². The number of nitrogens with zero attached hydrogens (tertiary/aromatic N) is 5. The highest BCUT2D eigenvalue weighted by molar-refractivity contribution is 8.23. The molecular weight excluding hydrogens is 482 g/mol. The van der Waals surface area contributed by atoms with E-state index in [1.54, 1.807) is 18.4 Å². The lowest BCUT2D eigenvalue weighted by Crippen LogP contribution is -2.49. The molecule has 3 heterocycles. The van der Waals surface area contributed by atoms with Crippen LogP contribution in [0.5, 0.6) is 5.75 Å². The van der Waals surface area contributed by atoms with E-state index in [9.17, 15) is 4.79 Å². The number of thiocarbonyl (C=S) groups is 1. The number of likely N-dealkylation sites (N-methyl/N-ethyl adjacent to an activating group) is 1. The van der Waals surface area contributed by atoms with Gasteiger partial charge < -0.3 is 19.0 Å². The molecule has 1 aromatic heterocycles. The molecule has 0 spiro atoms. The van der Waals surface area contributed by atoms with E-state index >= 15 is 0 Å². The van der Waals surface area contributed by atoms with Crippen molar-refractivity contribution in [1.82, 2.24) is 19.7 Å². The molecule has 4 rings (SSSR count). The number of rotatable bonds is 8. The second-order valence-electron chi connectivity index (χ2n) is 8.94. The van der Waals surface area contributed by atoms with Crippen LogP contribution >= 0.6 is 24.0 Å². The average Bonchev–Trinajstić information content (AvgIpc) is 3.57. The van der Waals surface area contributed by atoms with Crippen LogP contribution in [-0.2, 0) is 4.79 Å². The normalized spacial score (nSPS) is 18.7. The summed E-state index contributed by atoms with van der Waals surface area (Å²) < 4.78 is 11.6. The van der Waals surface area contributed by atoms with E-state index in [-0.39, 0.29) is 17.7 Å². The number of hydrogen-bond donors (Lipinski definition) is 0. The molecule has 0 saturated carbocycles. The van der Waals surface area contributed by atoms with Crippen LogP contribution in [0.25, 0.3) is 0 Å². The number of carbonyl (C=O) groups excluding carboxylic acids is 1. The minimum Gasteiger partial charge on any atom is -0.497 e. The fraction of sp³-hybridized carbons (Fsp3) is 0.480. The number of methoxy groups -OCH3 is 1. The largest absolute Gasteiger partial charge is 0.497 e. The third-order valence-electron chi connectivity index (χ3n) is 6.29. The first-order valence-corrected chi connectivity index (χ1v) is 13.2. The van der Waals surface area contributed by atoms with Crippen molar-refractivity contribution in [3.63, 3.8) is 0 Å². The summed E-state index contributed by atoms with van der Waals surface area (Å²) in [5.74, 6) is 1.65. The Balaban J connectivity index is 1.36. The van der Waals surface area contributed by atoms with Gasteiger partial charge in [0.1, 0.15) is 21.5 Å². The zero-order valence-electron chi connectivity index (χ0n) is 20.6. The number of amides is 1. The second-order valence-corrected chi connectivity index (χ2v) is 10.6. The molecule has 1 unspecified atom stereocenters. The quantitative estimate of drug-likeness (QED) is 0.497. The highest BCUT2D eigenvalue weighted by atomic mass is 32.2. The molecule has 0 N–H and O–H groups in total. The number of hydrazone groups is 1. The number of carbonyl (C=O) groups is 1. The maximum absolute atomic E-state index is 13.3. The van der Waals surface area contributed by atoms with Gasteiger partial charge >= 0.3 is 0 Å². The number of benzene rings is 1. The van der Waals surface area contributed by atoms with E-state index in [4.69, 9.17) is 21.4 Å². The van der Waals surface area contributed by atoms with Gasteiger partial charge in [-0.2, -0.15) is 5.10 Å². The molecule has 35 heavy (non-hydrogen) atoms. The summed E-state index contributed by atoms with van der Waals surface area (Å²) >= 11 is 7.10. The highest BCUT2D eigenvalue weighted by Gasteiger charge is 2.34. The molecule has 0 aliphatic carbocycles. The number of thioether (sulfide) groups is 1. The highest BCUT2D eigenvalue weighted by Crippen LogP contribution is 2.34. The zero-order valence-corrected chi connectivity index (χ0v) is 22.2. The van der Waals surface area contributed by atoms with E-state index in [0.29, 0.717) is 12.2 Å². The molecule has 2 aromatic rings. The Morgan fingerprint density at radius 3 is 2.57 bits per heavy atom. The topological polar surface area (TPSA) is 64.8 Å². The summed E-state index contributed by atoms with van der Waals surface area (Å²) in [6, 6.07) is 11.3. The number of hydrogen-bond acceptors (Lipinski definition) is 8. The molecular formula is C25H33N5O3S2. The second kappa shape index (κ2) is 12.0. The van der Waals surface area contributed by atoms with Crippen LogP contribution in [0.4, 0.5) is 0 Å². The van der Waals surface area contributed by atoms with Crippen LogP contribution in [0.3, 0.4) is 0 Å². The van der Waals surface area contributed by atoms with Crippen LogP contribution in [-0.4, -0.2) is 102 Å². The van der Waals surface area contributed by atoms with Gasteiger partial charge in [-0.15, -0.1) is 0 Å². The summed E-state index contributed by atoms with van der Waals surface area (Å²) in [6.45, 7) is 5.89. The predicted octanol–water partition coefficient (Wildman–Crippen LogP) is 3.16. The zero-order chi connectivity index (χ0) is 24.8. The van der Waals surface area contributed by atoms with E-state index in [2.05, 4.69) is 33.9 Å². The van der Waals surface area contributed by atoms with E-state index in [0.717, 1.165) is 60.6 Å².